The number of hydrogen-bond acceptors (Lipinski definition) is 5. The number of nitrogens with zero attached hydrogens (tertiary/aromatic N) is 2. The number of anilines is 1. The number of fused-ring (bicyclic) bond motifs is 1. The van der Waals surface area contributed by atoms with Gasteiger partial charge in [-0.2, -0.15) is 0 Å². The predicted molar refractivity (Wildman–Crippen MR) is 104 cm³/mol. The Bertz CT molecular complexity index is 1100. The summed E-state index contributed by atoms with van der Waals surface area (Å²) in [4.78, 5) is 38.2. The number of carbonyl (C=O) groups excluding carboxylic acids is 1. The summed E-state index contributed by atoms with van der Waals surface area (Å²) in [6.45, 7) is 2.54. The van der Waals surface area contributed by atoms with Gasteiger partial charge in [0.05, 0.1) is 22.8 Å². The lowest BCUT2D eigenvalue weighted by Gasteiger charge is -2.29. The number of rotatable bonds is 3. The van der Waals surface area contributed by atoms with Crippen LogP contribution in [0, 0.1) is 0 Å². The highest BCUT2D eigenvalue weighted by Gasteiger charge is 2.41. The van der Waals surface area contributed by atoms with Crippen molar-refractivity contribution >= 4 is 27.7 Å². The minimum Gasteiger partial charge on any atom is -0.456 e. The Hall–Kier alpha value is -2.61. The topological polar surface area (TPSA) is 82.3 Å². The van der Waals surface area contributed by atoms with Gasteiger partial charge < -0.3 is 10.1 Å². The highest BCUT2D eigenvalue weighted by Crippen LogP contribution is 2.42. The number of esters is 1. The molecule has 0 bridgehead atoms. The van der Waals surface area contributed by atoms with Gasteiger partial charge in [0.2, 0.25) is 0 Å². The van der Waals surface area contributed by atoms with Gasteiger partial charge in [-0.05, 0) is 24.1 Å². The molecule has 7 nitrogen and oxygen atoms in total. The van der Waals surface area contributed by atoms with Crippen molar-refractivity contribution in [2.75, 3.05) is 11.9 Å². The Morgan fingerprint density at radius 3 is 2.59 bits per heavy atom. The van der Waals surface area contributed by atoms with Gasteiger partial charge in [0.15, 0.2) is 0 Å². The molecule has 0 aliphatic carbocycles. The monoisotopic (exact) mass is 431 g/mol. The van der Waals surface area contributed by atoms with E-state index in [1.165, 1.54) is 7.05 Å². The van der Waals surface area contributed by atoms with Gasteiger partial charge in [0.25, 0.3) is 5.56 Å². The third-order valence-corrected chi connectivity index (χ3v) is 5.50. The molecule has 140 valence electrons. The first-order valence-corrected chi connectivity index (χ1v) is 9.49. The smallest absolute Gasteiger partial charge is 0.337 e. The van der Waals surface area contributed by atoms with Gasteiger partial charge in [0.1, 0.15) is 12.4 Å². The second kappa shape index (κ2) is 6.53. The number of ether oxygens (including phenoxy) is 1. The van der Waals surface area contributed by atoms with Crippen molar-refractivity contribution in [3.63, 3.8) is 0 Å². The van der Waals surface area contributed by atoms with Crippen LogP contribution in [0.15, 0.2) is 49.6 Å². The lowest BCUT2D eigenvalue weighted by Crippen LogP contribution is -2.44. The zero-order valence-electron chi connectivity index (χ0n) is 14.9. The van der Waals surface area contributed by atoms with Gasteiger partial charge in [-0.25, -0.2) is 9.59 Å². The minimum atomic E-state index is -0.582. The van der Waals surface area contributed by atoms with Crippen LogP contribution in [-0.4, -0.2) is 21.7 Å². The highest BCUT2D eigenvalue weighted by atomic mass is 79.9. The second-order valence-corrected chi connectivity index (χ2v) is 7.55. The Morgan fingerprint density at radius 1 is 1.22 bits per heavy atom. The molecule has 1 aromatic carbocycles. The Labute approximate surface area is 163 Å². The van der Waals surface area contributed by atoms with Crippen LogP contribution < -0.4 is 16.6 Å². The quantitative estimate of drug-likeness (QED) is 0.752. The average molecular weight is 432 g/mol. The van der Waals surface area contributed by atoms with Crippen molar-refractivity contribution in [2.24, 2.45) is 7.05 Å². The zero-order chi connectivity index (χ0) is 19.3. The first kappa shape index (κ1) is 17.8. The maximum absolute atomic E-state index is 13.1. The molecule has 0 fully saturated rings. The number of carbonyl (C=O) groups is 1. The third-order valence-electron chi connectivity index (χ3n) is 4.97. The van der Waals surface area contributed by atoms with Gasteiger partial charge in [-0.1, -0.05) is 35.0 Å². The van der Waals surface area contributed by atoms with E-state index >= 15 is 0 Å². The van der Waals surface area contributed by atoms with E-state index in [0.717, 1.165) is 21.0 Å². The molecule has 1 unspecified atom stereocenters. The SMILES string of the molecule is CCCn1c2c(c(=O)n(C)c1=O)C(c1ccc(Br)cc1)C1=C(COC1=O)N2. The van der Waals surface area contributed by atoms with Crippen molar-refractivity contribution in [2.45, 2.75) is 25.8 Å². The molecule has 1 N–H and O–H groups in total. The minimum absolute atomic E-state index is 0.107. The van der Waals surface area contributed by atoms with Crippen molar-refractivity contribution < 1.29 is 9.53 Å². The standard InChI is InChI=1S/C19H18BrN3O4/c1-3-8-23-16-15(17(24)22(2)19(23)26)13(10-4-6-11(20)7-5-10)14-12(21-16)9-27-18(14)25/h4-7,13,21H,3,8-9H2,1-2H3. The summed E-state index contributed by atoms with van der Waals surface area (Å²) in [5.41, 5.74) is 1.45. The molecule has 1 atom stereocenters. The first-order chi connectivity index (χ1) is 12.9. The molecule has 1 aromatic heterocycles. The molecule has 0 spiro atoms. The number of halogens is 1. The molecule has 0 saturated carbocycles. The maximum Gasteiger partial charge on any atom is 0.337 e. The molecule has 2 aliphatic rings. The number of cyclic esters (lactones) is 1. The van der Waals surface area contributed by atoms with Gasteiger partial charge >= 0.3 is 11.7 Å². The van der Waals surface area contributed by atoms with Crippen molar-refractivity contribution in [3.8, 4) is 0 Å². The molecule has 8 heteroatoms. The van der Waals surface area contributed by atoms with Crippen LogP contribution in [-0.2, 0) is 23.1 Å². The van der Waals surface area contributed by atoms with Gasteiger partial charge in [-0.3, -0.25) is 13.9 Å². The Morgan fingerprint density at radius 2 is 1.93 bits per heavy atom. The lowest BCUT2D eigenvalue weighted by molar-refractivity contribution is -0.136. The van der Waals surface area contributed by atoms with Crippen LogP contribution in [0.25, 0.3) is 0 Å². The van der Waals surface area contributed by atoms with Crippen molar-refractivity contribution in [1.29, 1.82) is 0 Å². The van der Waals surface area contributed by atoms with Crippen molar-refractivity contribution in [1.82, 2.24) is 9.13 Å². The maximum atomic E-state index is 13.1. The summed E-state index contributed by atoms with van der Waals surface area (Å²) in [5, 5.41) is 3.14. The van der Waals surface area contributed by atoms with E-state index in [0.29, 0.717) is 29.2 Å². The van der Waals surface area contributed by atoms with Crippen LogP contribution in [0.3, 0.4) is 0 Å². The fraction of sp³-hybridized carbons (Fsp3) is 0.316. The number of hydrogen-bond donors (Lipinski definition) is 1. The largest absolute Gasteiger partial charge is 0.456 e. The summed E-state index contributed by atoms with van der Waals surface area (Å²) in [5.74, 6) is -0.567. The van der Waals surface area contributed by atoms with Crippen molar-refractivity contribution in [3.05, 3.63) is 72.0 Å². The molecule has 0 saturated heterocycles. The molecule has 4 rings (SSSR count). The van der Waals surface area contributed by atoms with E-state index in [1.807, 2.05) is 31.2 Å². The number of nitrogens with one attached hydrogen (secondary N) is 1. The van der Waals surface area contributed by atoms with Crippen LogP contribution in [0.1, 0.15) is 30.4 Å². The van der Waals surface area contributed by atoms with Gasteiger partial charge in [-0.15, -0.1) is 0 Å². The van der Waals surface area contributed by atoms with Crippen LogP contribution in [0.2, 0.25) is 0 Å². The fourth-order valence-corrected chi connectivity index (χ4v) is 3.97. The third kappa shape index (κ3) is 2.66. The molecule has 27 heavy (non-hydrogen) atoms. The molecule has 3 heterocycles. The first-order valence-electron chi connectivity index (χ1n) is 8.70. The van der Waals surface area contributed by atoms with E-state index in [1.54, 1.807) is 4.57 Å². The Balaban J connectivity index is 2.06. The van der Waals surface area contributed by atoms with E-state index in [4.69, 9.17) is 4.74 Å². The van der Waals surface area contributed by atoms with Crippen LogP contribution in [0.5, 0.6) is 0 Å². The Kier molecular flexibility index (Phi) is 4.30. The van der Waals surface area contributed by atoms with E-state index in [2.05, 4.69) is 21.2 Å². The molecule has 2 aliphatic heterocycles. The number of aromatic nitrogens is 2. The zero-order valence-corrected chi connectivity index (χ0v) is 16.5. The van der Waals surface area contributed by atoms with Crippen LogP contribution >= 0.6 is 15.9 Å². The highest BCUT2D eigenvalue weighted by molar-refractivity contribution is 9.10. The summed E-state index contributed by atoms with van der Waals surface area (Å²) in [7, 11) is 1.46. The van der Waals surface area contributed by atoms with E-state index in [-0.39, 0.29) is 12.3 Å². The normalized spacial score (nSPS) is 18.0. The summed E-state index contributed by atoms with van der Waals surface area (Å²) < 4.78 is 8.79. The fourth-order valence-electron chi connectivity index (χ4n) is 3.70. The predicted octanol–water partition coefficient (Wildman–Crippen LogP) is 2.09. The number of benzene rings is 1. The average Bonchev–Trinajstić information content (AvgIpc) is 3.03. The summed E-state index contributed by atoms with van der Waals surface area (Å²) >= 11 is 3.41. The summed E-state index contributed by atoms with van der Waals surface area (Å²) in [6, 6.07) is 7.47. The van der Waals surface area contributed by atoms with E-state index < -0.39 is 17.4 Å². The molecule has 2 aromatic rings. The second-order valence-electron chi connectivity index (χ2n) is 6.64. The molecular formula is C19H18BrN3O4. The van der Waals surface area contributed by atoms with Gasteiger partial charge in [0, 0.05) is 18.1 Å². The molecular weight excluding hydrogens is 414 g/mol. The molecule has 0 radical (unpaired) electrons. The molecule has 0 amide bonds. The van der Waals surface area contributed by atoms with Crippen LogP contribution in [0.4, 0.5) is 5.82 Å². The summed E-state index contributed by atoms with van der Waals surface area (Å²) in [6.07, 6.45) is 0.733. The lowest BCUT2D eigenvalue weighted by atomic mass is 9.83. The van der Waals surface area contributed by atoms with E-state index in [9.17, 15) is 14.4 Å².